The lowest BCUT2D eigenvalue weighted by atomic mass is 9.99. The molecule has 0 saturated heterocycles. The van der Waals surface area contributed by atoms with Gasteiger partial charge in [-0.2, -0.15) is 5.26 Å². The molecule has 0 radical (unpaired) electrons. The van der Waals surface area contributed by atoms with Crippen LogP contribution in [0.15, 0.2) is 60.7 Å². The molecule has 1 N–H and O–H groups in total. The first kappa shape index (κ1) is 28.4. The number of nitrogens with zero attached hydrogens (tertiary/aromatic N) is 2. The number of rotatable bonds is 10. The lowest BCUT2D eigenvalue weighted by Crippen LogP contribution is -2.38. The van der Waals surface area contributed by atoms with Crippen LogP contribution in [-0.4, -0.2) is 32.5 Å². The molecule has 1 atom stereocenters. The van der Waals surface area contributed by atoms with Gasteiger partial charge in [-0.05, 0) is 48.6 Å². The van der Waals surface area contributed by atoms with Crippen LogP contribution >= 0.6 is 11.6 Å². The number of nitrogens with one attached hydrogen (secondary N) is 1. The van der Waals surface area contributed by atoms with Gasteiger partial charge in [0.05, 0.1) is 25.5 Å². The SMILES string of the molecule is COc1cc(NC(C(=O)N2CC3(CC3)c3ccc(OC(F)(F)F)cc32)c2ccc(Cl)cc2)cc(OCCCC#N)c1. The minimum absolute atomic E-state index is 0.271. The number of carbonyl (C=O) groups excluding carboxylic acids is 1. The highest BCUT2D eigenvalue weighted by molar-refractivity contribution is 6.30. The van der Waals surface area contributed by atoms with Crippen LogP contribution in [0.2, 0.25) is 5.02 Å². The van der Waals surface area contributed by atoms with E-state index in [2.05, 4.69) is 16.1 Å². The molecule has 1 spiro atoms. The summed E-state index contributed by atoms with van der Waals surface area (Å²) >= 11 is 6.12. The Morgan fingerprint density at radius 2 is 1.83 bits per heavy atom. The molecule has 5 rings (SSSR count). The van der Waals surface area contributed by atoms with E-state index in [-0.39, 0.29) is 17.1 Å². The lowest BCUT2D eigenvalue weighted by Gasteiger charge is -2.27. The van der Waals surface area contributed by atoms with Crippen LogP contribution in [0.1, 0.15) is 42.9 Å². The minimum Gasteiger partial charge on any atom is -0.497 e. The molecule has 7 nitrogen and oxygen atoms in total. The van der Waals surface area contributed by atoms with Crippen LogP contribution < -0.4 is 24.4 Å². The standard InChI is InChI=1S/C30H27ClF3N3O4/c1-39-23-14-21(15-24(16-23)40-13-3-2-12-35)36-27(19-4-6-20(31)7-5-19)28(38)37-18-29(10-11-29)25-9-8-22(17-26(25)37)41-30(32,33)34/h4-9,14-17,27,36H,2-3,10-11,13,18H2,1H3. The van der Waals surface area contributed by atoms with E-state index in [1.54, 1.807) is 48.5 Å². The summed E-state index contributed by atoms with van der Waals surface area (Å²) in [5.74, 6) is 0.254. The number of hydrogen-bond acceptors (Lipinski definition) is 6. The van der Waals surface area contributed by atoms with Crippen molar-refractivity contribution in [1.29, 1.82) is 5.26 Å². The summed E-state index contributed by atoms with van der Waals surface area (Å²) < 4.78 is 54.4. The van der Waals surface area contributed by atoms with Gasteiger partial charge in [-0.3, -0.25) is 4.79 Å². The average molecular weight is 586 g/mol. The van der Waals surface area contributed by atoms with Crippen LogP contribution in [0.5, 0.6) is 17.2 Å². The van der Waals surface area contributed by atoms with Crippen molar-refractivity contribution >= 4 is 28.9 Å². The molecule has 2 aliphatic rings. The van der Waals surface area contributed by atoms with Gasteiger partial charge >= 0.3 is 6.36 Å². The lowest BCUT2D eigenvalue weighted by molar-refractivity contribution is -0.274. The number of nitriles is 1. The molecule has 1 unspecified atom stereocenters. The first-order chi connectivity index (χ1) is 19.6. The molecular weight excluding hydrogens is 559 g/mol. The largest absolute Gasteiger partial charge is 0.573 e. The van der Waals surface area contributed by atoms with E-state index in [1.165, 1.54) is 24.1 Å². The van der Waals surface area contributed by atoms with Gasteiger partial charge in [-0.1, -0.05) is 29.8 Å². The topological polar surface area (TPSA) is 83.8 Å². The quantitative estimate of drug-likeness (QED) is 0.254. The second kappa shape index (κ2) is 11.4. The second-order valence-electron chi connectivity index (χ2n) is 10.1. The summed E-state index contributed by atoms with van der Waals surface area (Å²) in [7, 11) is 1.51. The highest BCUT2D eigenvalue weighted by atomic mass is 35.5. The summed E-state index contributed by atoms with van der Waals surface area (Å²) in [6.45, 7) is 0.683. The van der Waals surface area contributed by atoms with Gasteiger partial charge in [0.25, 0.3) is 5.91 Å². The van der Waals surface area contributed by atoms with Gasteiger partial charge < -0.3 is 24.4 Å². The van der Waals surface area contributed by atoms with Crippen LogP contribution in [0.25, 0.3) is 0 Å². The minimum atomic E-state index is -4.85. The van der Waals surface area contributed by atoms with Crippen molar-refractivity contribution in [3.05, 3.63) is 76.8 Å². The van der Waals surface area contributed by atoms with E-state index in [0.717, 1.165) is 18.4 Å². The van der Waals surface area contributed by atoms with Crippen molar-refractivity contribution in [2.75, 3.05) is 30.5 Å². The third-order valence-electron chi connectivity index (χ3n) is 7.22. The van der Waals surface area contributed by atoms with E-state index < -0.39 is 12.4 Å². The molecule has 214 valence electrons. The van der Waals surface area contributed by atoms with Crippen molar-refractivity contribution in [2.45, 2.75) is 43.5 Å². The van der Waals surface area contributed by atoms with Gasteiger partial charge in [-0.15, -0.1) is 13.2 Å². The van der Waals surface area contributed by atoms with Crippen molar-refractivity contribution in [1.82, 2.24) is 0 Å². The number of methoxy groups -OCH3 is 1. The monoisotopic (exact) mass is 585 g/mol. The number of halogens is 4. The molecule has 11 heteroatoms. The highest BCUT2D eigenvalue weighted by Gasteiger charge is 2.54. The van der Waals surface area contributed by atoms with Gasteiger partial charge in [0.2, 0.25) is 0 Å². The summed E-state index contributed by atoms with van der Waals surface area (Å²) in [4.78, 5) is 15.8. The maximum atomic E-state index is 14.3. The zero-order valence-electron chi connectivity index (χ0n) is 22.1. The molecular formula is C30H27ClF3N3O4. The zero-order chi connectivity index (χ0) is 29.2. The smallest absolute Gasteiger partial charge is 0.497 e. The molecule has 0 aromatic heterocycles. The predicted octanol–water partition coefficient (Wildman–Crippen LogP) is 7.16. The van der Waals surface area contributed by atoms with E-state index in [1.807, 2.05) is 0 Å². The zero-order valence-corrected chi connectivity index (χ0v) is 22.9. The molecule has 1 amide bonds. The second-order valence-corrected chi connectivity index (χ2v) is 10.5. The number of amides is 1. The van der Waals surface area contributed by atoms with Gasteiger partial charge in [0, 0.05) is 53.4 Å². The molecule has 1 aliphatic heterocycles. The summed E-state index contributed by atoms with van der Waals surface area (Å²) in [6, 6.07) is 17.3. The van der Waals surface area contributed by atoms with Crippen molar-refractivity contribution in [2.24, 2.45) is 0 Å². The molecule has 3 aromatic carbocycles. The number of ether oxygens (including phenoxy) is 3. The van der Waals surface area contributed by atoms with Crippen LogP contribution in [0.4, 0.5) is 24.5 Å². The first-order valence-electron chi connectivity index (χ1n) is 13.0. The third-order valence-corrected chi connectivity index (χ3v) is 7.48. The number of alkyl halides is 3. The molecule has 1 aliphatic carbocycles. The van der Waals surface area contributed by atoms with Crippen molar-refractivity contribution in [3.63, 3.8) is 0 Å². The van der Waals surface area contributed by atoms with Gasteiger partial charge in [-0.25, -0.2) is 0 Å². The Hall–Kier alpha value is -4.10. The Balaban J connectivity index is 1.48. The maximum Gasteiger partial charge on any atom is 0.573 e. The highest BCUT2D eigenvalue weighted by Crippen LogP contribution is 2.57. The molecule has 1 heterocycles. The van der Waals surface area contributed by atoms with E-state index in [4.69, 9.17) is 26.3 Å². The summed E-state index contributed by atoms with van der Waals surface area (Å²) in [5.41, 5.74) is 2.11. The third kappa shape index (κ3) is 6.46. The fourth-order valence-corrected chi connectivity index (χ4v) is 5.22. The number of benzene rings is 3. The molecule has 0 bridgehead atoms. The van der Waals surface area contributed by atoms with Gasteiger partial charge in [0.15, 0.2) is 0 Å². The normalized spacial score (nSPS) is 15.6. The number of anilines is 2. The Morgan fingerprint density at radius 3 is 2.49 bits per heavy atom. The van der Waals surface area contributed by atoms with Crippen molar-refractivity contribution in [3.8, 4) is 23.3 Å². The summed E-state index contributed by atoms with van der Waals surface area (Å²) in [6.07, 6.45) is -2.27. The molecule has 41 heavy (non-hydrogen) atoms. The van der Waals surface area contributed by atoms with E-state index in [9.17, 15) is 18.0 Å². The predicted molar refractivity (Wildman–Crippen MR) is 148 cm³/mol. The van der Waals surface area contributed by atoms with Crippen LogP contribution in [0.3, 0.4) is 0 Å². The Morgan fingerprint density at radius 1 is 1.10 bits per heavy atom. The molecule has 1 saturated carbocycles. The average Bonchev–Trinajstić information content (AvgIpc) is 3.65. The first-order valence-corrected chi connectivity index (χ1v) is 13.4. The van der Waals surface area contributed by atoms with Gasteiger partial charge in [0.1, 0.15) is 23.3 Å². The Kier molecular flexibility index (Phi) is 7.91. The fourth-order valence-electron chi connectivity index (χ4n) is 5.09. The fraction of sp³-hybridized carbons (Fsp3) is 0.333. The van der Waals surface area contributed by atoms with E-state index >= 15 is 0 Å². The Bertz CT molecular complexity index is 1470. The van der Waals surface area contributed by atoms with Crippen molar-refractivity contribution < 1.29 is 32.2 Å². The summed E-state index contributed by atoms with van der Waals surface area (Å²) in [5, 5.41) is 12.6. The van der Waals surface area contributed by atoms with Crippen LogP contribution in [-0.2, 0) is 10.2 Å². The van der Waals surface area contributed by atoms with Crippen LogP contribution in [0, 0.1) is 11.3 Å². The number of fused-ring (bicyclic) bond motifs is 2. The van der Waals surface area contributed by atoms with E-state index in [0.29, 0.717) is 59.5 Å². The maximum absolute atomic E-state index is 14.3. The molecule has 1 fully saturated rings. The number of hydrogen-bond donors (Lipinski definition) is 1. The Labute approximate surface area is 240 Å². The molecule has 3 aromatic rings. The number of carbonyl (C=O) groups is 1. The number of unbranched alkanes of at least 4 members (excludes halogenated alkanes) is 1.